The minimum Gasteiger partial charge on any atom is -0.378 e. The summed E-state index contributed by atoms with van der Waals surface area (Å²) < 4.78 is 19.9. The van der Waals surface area contributed by atoms with Crippen LogP contribution in [0.5, 0.6) is 0 Å². The third-order valence-corrected chi connectivity index (χ3v) is 4.74. The average molecular weight is 341 g/mol. The maximum absolute atomic E-state index is 14.6. The van der Waals surface area contributed by atoms with Crippen LogP contribution < -0.4 is 9.80 Å². The Kier molecular flexibility index (Phi) is 4.13. The first-order chi connectivity index (χ1) is 12.1. The molecule has 0 aliphatic carbocycles. The molecule has 2 aromatic rings. The second kappa shape index (κ2) is 6.44. The van der Waals surface area contributed by atoms with Gasteiger partial charge in [0.1, 0.15) is 5.82 Å². The number of benzene rings is 1. The quantitative estimate of drug-likeness (QED) is 0.842. The van der Waals surface area contributed by atoms with Gasteiger partial charge in [-0.3, -0.25) is 9.78 Å². The molecule has 0 bridgehead atoms. The van der Waals surface area contributed by atoms with Gasteiger partial charge in [-0.1, -0.05) is 0 Å². The summed E-state index contributed by atoms with van der Waals surface area (Å²) in [7, 11) is 0. The van der Waals surface area contributed by atoms with Crippen molar-refractivity contribution < 1.29 is 13.9 Å². The van der Waals surface area contributed by atoms with E-state index in [0.717, 1.165) is 23.4 Å². The number of fused-ring (bicyclic) bond motifs is 1. The Morgan fingerprint density at radius 1 is 1.16 bits per heavy atom. The molecule has 0 unspecified atom stereocenters. The number of nitrogens with zero attached hydrogens (tertiary/aromatic N) is 3. The van der Waals surface area contributed by atoms with Gasteiger partial charge in [-0.25, -0.2) is 4.39 Å². The summed E-state index contributed by atoms with van der Waals surface area (Å²) in [5.74, 6) is -0.548. The van der Waals surface area contributed by atoms with E-state index in [0.29, 0.717) is 44.1 Å². The molecular formula is C19H20FN3O2. The van der Waals surface area contributed by atoms with E-state index in [1.165, 1.54) is 6.07 Å². The van der Waals surface area contributed by atoms with E-state index in [1.807, 2.05) is 24.1 Å². The van der Waals surface area contributed by atoms with Crippen LogP contribution in [0, 0.1) is 12.7 Å². The lowest BCUT2D eigenvalue weighted by atomic mass is 10.1. The number of halogens is 1. The predicted octanol–water partition coefficient (Wildman–Crippen LogP) is 2.57. The summed E-state index contributed by atoms with van der Waals surface area (Å²) in [6, 6.07) is 6.71. The number of aryl methyl sites for hydroxylation is 1. The molecule has 3 heterocycles. The Balaban J connectivity index is 1.59. The predicted molar refractivity (Wildman–Crippen MR) is 93.8 cm³/mol. The van der Waals surface area contributed by atoms with Crippen molar-refractivity contribution in [2.75, 3.05) is 42.6 Å². The van der Waals surface area contributed by atoms with Gasteiger partial charge in [0, 0.05) is 37.8 Å². The van der Waals surface area contributed by atoms with Gasteiger partial charge < -0.3 is 14.5 Å². The summed E-state index contributed by atoms with van der Waals surface area (Å²) in [5, 5.41) is 0. The van der Waals surface area contributed by atoms with Crippen molar-refractivity contribution in [3.63, 3.8) is 0 Å². The van der Waals surface area contributed by atoms with Crippen LogP contribution in [-0.4, -0.2) is 43.7 Å². The molecule has 0 N–H and O–H groups in total. The van der Waals surface area contributed by atoms with E-state index in [2.05, 4.69) is 4.98 Å². The molecule has 25 heavy (non-hydrogen) atoms. The zero-order chi connectivity index (χ0) is 17.4. The minimum atomic E-state index is -0.366. The topological polar surface area (TPSA) is 45.7 Å². The van der Waals surface area contributed by atoms with Crippen molar-refractivity contribution in [3.05, 3.63) is 53.1 Å². The van der Waals surface area contributed by atoms with Crippen LogP contribution >= 0.6 is 0 Å². The van der Waals surface area contributed by atoms with Gasteiger partial charge in [0.2, 0.25) is 0 Å². The Bertz CT molecular complexity index is 818. The highest BCUT2D eigenvalue weighted by Crippen LogP contribution is 2.29. The molecule has 6 heteroatoms. The molecule has 130 valence electrons. The number of pyridine rings is 1. The van der Waals surface area contributed by atoms with Crippen LogP contribution in [0.15, 0.2) is 30.5 Å². The van der Waals surface area contributed by atoms with Gasteiger partial charge in [-0.15, -0.1) is 0 Å². The second-order valence-electron chi connectivity index (χ2n) is 6.45. The lowest BCUT2D eigenvalue weighted by molar-refractivity contribution is 0.0989. The molecule has 0 radical (unpaired) electrons. The highest BCUT2D eigenvalue weighted by Gasteiger charge is 2.27. The van der Waals surface area contributed by atoms with E-state index in [4.69, 9.17) is 4.74 Å². The minimum absolute atomic E-state index is 0.182. The standard InChI is InChI=1S/C19H20FN3O2/c1-13-10-18-16(21-12-13)4-5-23(18)19(24)14-2-3-17(15(20)11-14)22-6-8-25-9-7-22/h2-3,10-12H,4-9H2,1H3. The largest absolute Gasteiger partial charge is 0.378 e. The summed E-state index contributed by atoms with van der Waals surface area (Å²) in [5.41, 5.74) is 3.65. The molecule has 5 nitrogen and oxygen atoms in total. The molecule has 0 atom stereocenters. The molecule has 0 spiro atoms. The Hall–Kier alpha value is -2.47. The van der Waals surface area contributed by atoms with Crippen LogP contribution in [0.1, 0.15) is 21.6 Å². The first-order valence-corrected chi connectivity index (χ1v) is 8.53. The normalized spacial score (nSPS) is 16.9. The Morgan fingerprint density at radius 2 is 1.96 bits per heavy atom. The summed E-state index contributed by atoms with van der Waals surface area (Å²) in [4.78, 5) is 20.9. The molecule has 1 amide bonds. The number of rotatable bonds is 2. The number of aromatic nitrogens is 1. The number of hydrogen-bond donors (Lipinski definition) is 0. The fourth-order valence-electron chi connectivity index (χ4n) is 3.41. The van der Waals surface area contributed by atoms with Crippen molar-refractivity contribution in [2.24, 2.45) is 0 Å². The molecule has 0 saturated carbocycles. The zero-order valence-electron chi connectivity index (χ0n) is 14.2. The van der Waals surface area contributed by atoms with Crippen molar-refractivity contribution in [2.45, 2.75) is 13.3 Å². The van der Waals surface area contributed by atoms with Crippen LogP contribution in [0.25, 0.3) is 0 Å². The van der Waals surface area contributed by atoms with Gasteiger partial charge in [0.15, 0.2) is 0 Å². The van der Waals surface area contributed by atoms with Gasteiger partial charge >= 0.3 is 0 Å². The number of hydrogen-bond acceptors (Lipinski definition) is 4. The summed E-state index contributed by atoms with van der Waals surface area (Å²) in [6.45, 7) is 5.04. The molecule has 1 saturated heterocycles. The van der Waals surface area contributed by atoms with E-state index in [1.54, 1.807) is 17.0 Å². The van der Waals surface area contributed by atoms with Gasteiger partial charge in [0.25, 0.3) is 5.91 Å². The lowest BCUT2D eigenvalue weighted by Crippen LogP contribution is -2.37. The van der Waals surface area contributed by atoms with Gasteiger partial charge in [-0.2, -0.15) is 0 Å². The number of anilines is 2. The van der Waals surface area contributed by atoms with Crippen LogP contribution in [0.2, 0.25) is 0 Å². The van der Waals surface area contributed by atoms with E-state index >= 15 is 0 Å². The van der Waals surface area contributed by atoms with Crippen molar-refractivity contribution >= 4 is 17.3 Å². The van der Waals surface area contributed by atoms with Crippen LogP contribution in [0.3, 0.4) is 0 Å². The fraction of sp³-hybridized carbons (Fsp3) is 0.368. The van der Waals surface area contributed by atoms with Gasteiger partial charge in [-0.05, 0) is 36.8 Å². The number of carbonyl (C=O) groups is 1. The molecule has 1 aromatic heterocycles. The lowest BCUT2D eigenvalue weighted by Gasteiger charge is -2.29. The second-order valence-corrected chi connectivity index (χ2v) is 6.45. The third-order valence-electron chi connectivity index (χ3n) is 4.74. The SMILES string of the molecule is Cc1cnc2c(c1)N(C(=O)c1ccc(N3CCOCC3)c(F)c1)CC2. The first-order valence-electron chi connectivity index (χ1n) is 8.53. The monoisotopic (exact) mass is 341 g/mol. The maximum Gasteiger partial charge on any atom is 0.258 e. The number of ether oxygens (including phenoxy) is 1. The molecular weight excluding hydrogens is 321 g/mol. The highest BCUT2D eigenvalue weighted by molar-refractivity contribution is 6.07. The van der Waals surface area contributed by atoms with Crippen molar-refractivity contribution in [1.29, 1.82) is 0 Å². The molecule has 4 rings (SSSR count). The smallest absolute Gasteiger partial charge is 0.258 e. The number of carbonyl (C=O) groups excluding carboxylic acids is 1. The zero-order valence-corrected chi connectivity index (χ0v) is 14.2. The fourth-order valence-corrected chi connectivity index (χ4v) is 3.41. The average Bonchev–Trinajstić information content (AvgIpc) is 3.04. The Labute approximate surface area is 146 Å². The van der Waals surface area contributed by atoms with Crippen LogP contribution in [-0.2, 0) is 11.2 Å². The number of morpholine rings is 1. The van der Waals surface area contributed by atoms with Crippen molar-refractivity contribution in [3.8, 4) is 0 Å². The van der Waals surface area contributed by atoms with Crippen molar-refractivity contribution in [1.82, 2.24) is 4.98 Å². The van der Waals surface area contributed by atoms with E-state index in [9.17, 15) is 9.18 Å². The van der Waals surface area contributed by atoms with Gasteiger partial charge in [0.05, 0.1) is 30.3 Å². The van der Waals surface area contributed by atoms with E-state index < -0.39 is 0 Å². The first kappa shape index (κ1) is 16.0. The third kappa shape index (κ3) is 2.98. The summed E-state index contributed by atoms with van der Waals surface area (Å²) >= 11 is 0. The summed E-state index contributed by atoms with van der Waals surface area (Å²) in [6.07, 6.45) is 2.54. The van der Waals surface area contributed by atoms with E-state index in [-0.39, 0.29) is 11.7 Å². The molecule has 1 fully saturated rings. The number of amides is 1. The van der Waals surface area contributed by atoms with Crippen LogP contribution in [0.4, 0.5) is 15.8 Å². The molecule has 1 aromatic carbocycles. The molecule has 2 aliphatic rings. The Morgan fingerprint density at radius 3 is 2.72 bits per heavy atom. The molecule has 2 aliphatic heterocycles. The highest BCUT2D eigenvalue weighted by atomic mass is 19.1. The maximum atomic E-state index is 14.6.